The number of allylic oxidation sites excluding steroid dienone is 4. The van der Waals surface area contributed by atoms with E-state index in [4.69, 9.17) is 0 Å². The zero-order valence-corrected chi connectivity index (χ0v) is 13.4. The lowest BCUT2D eigenvalue weighted by atomic mass is 9.97. The van der Waals surface area contributed by atoms with Crippen LogP contribution in [0, 0.1) is 26.7 Å². The van der Waals surface area contributed by atoms with Gasteiger partial charge in [-0.15, -0.1) is 48.1 Å². The highest BCUT2D eigenvalue weighted by Crippen LogP contribution is 2.03. The highest BCUT2D eigenvalue weighted by atomic mass is 14.1. The lowest BCUT2D eigenvalue weighted by Gasteiger charge is -2.12. The topological polar surface area (TPSA) is 0 Å². The van der Waals surface area contributed by atoms with Gasteiger partial charge in [0.2, 0.25) is 0 Å². The number of hydrogen-bond donors (Lipinski definition) is 0. The van der Waals surface area contributed by atoms with Crippen molar-refractivity contribution in [1.82, 2.24) is 0 Å². The van der Waals surface area contributed by atoms with Gasteiger partial charge in [-0.2, -0.15) is 0 Å². The van der Waals surface area contributed by atoms with Gasteiger partial charge in [0.05, 0.1) is 10.4 Å². The molecule has 4 rings (SSSR count). The SMILES string of the molecule is Cc1ccc2c(c1=C=c1c(C)ccc3c1=CC=C[CH-]3)=CC=C[CH+]2. The molecule has 2 aromatic rings. The van der Waals surface area contributed by atoms with Crippen molar-refractivity contribution in [3.05, 3.63) is 105 Å². The lowest BCUT2D eigenvalue weighted by Crippen LogP contribution is -2.36. The molecule has 0 bridgehead atoms. The number of aryl methyl sites for hydroxylation is 2. The zero-order valence-electron chi connectivity index (χ0n) is 13.4. The van der Waals surface area contributed by atoms with E-state index in [1.165, 1.54) is 43.1 Å². The Morgan fingerprint density at radius 3 is 2.48 bits per heavy atom. The van der Waals surface area contributed by atoms with Gasteiger partial charge in [0.25, 0.3) is 0 Å². The number of hydrogen-bond acceptors (Lipinski definition) is 0. The molecule has 0 atom stereocenters. The fourth-order valence-electron chi connectivity index (χ4n) is 3.22. The minimum Gasteiger partial charge on any atom is -0.145 e. The third-order valence-corrected chi connectivity index (χ3v) is 4.52. The van der Waals surface area contributed by atoms with Crippen LogP contribution in [0.4, 0.5) is 0 Å². The highest BCUT2D eigenvalue weighted by molar-refractivity contribution is 5.54. The molecule has 0 saturated carbocycles. The summed E-state index contributed by atoms with van der Waals surface area (Å²) in [5.41, 5.74) is 8.77. The van der Waals surface area contributed by atoms with Gasteiger partial charge in [-0.25, -0.2) is 0 Å². The molecule has 0 heterocycles. The first kappa shape index (κ1) is 13.8. The molecule has 0 radical (unpaired) electrons. The van der Waals surface area contributed by atoms with Crippen LogP contribution in [0.1, 0.15) is 22.3 Å². The minimum atomic E-state index is 1.20. The molecule has 23 heavy (non-hydrogen) atoms. The Morgan fingerprint density at radius 1 is 0.870 bits per heavy atom. The maximum absolute atomic E-state index is 3.73. The fourth-order valence-corrected chi connectivity index (χ4v) is 3.22. The average Bonchev–Trinajstić information content (AvgIpc) is 2.59. The molecule has 0 aliphatic heterocycles. The van der Waals surface area contributed by atoms with Crippen molar-refractivity contribution in [1.29, 1.82) is 0 Å². The van der Waals surface area contributed by atoms with Crippen molar-refractivity contribution >= 4 is 17.9 Å². The monoisotopic (exact) mass is 294 g/mol. The van der Waals surface area contributed by atoms with Crippen molar-refractivity contribution in [2.45, 2.75) is 13.8 Å². The van der Waals surface area contributed by atoms with E-state index >= 15 is 0 Å². The Kier molecular flexibility index (Phi) is 3.26. The Labute approximate surface area is 136 Å². The molecule has 2 aliphatic carbocycles. The van der Waals surface area contributed by atoms with Crippen molar-refractivity contribution in [2.24, 2.45) is 0 Å². The van der Waals surface area contributed by atoms with Gasteiger partial charge in [0.15, 0.2) is 0 Å². The molecule has 0 aromatic heterocycles. The van der Waals surface area contributed by atoms with E-state index in [2.05, 4.69) is 93.1 Å². The van der Waals surface area contributed by atoms with Crippen LogP contribution in [-0.4, -0.2) is 0 Å². The summed E-state index contributed by atoms with van der Waals surface area (Å²) in [6, 6.07) is 8.74. The van der Waals surface area contributed by atoms with E-state index in [-0.39, 0.29) is 0 Å². The average molecular weight is 294 g/mol. The highest BCUT2D eigenvalue weighted by Gasteiger charge is 2.08. The van der Waals surface area contributed by atoms with Gasteiger partial charge < -0.3 is 0 Å². The van der Waals surface area contributed by atoms with E-state index in [0.717, 1.165) is 0 Å². The van der Waals surface area contributed by atoms with Crippen LogP contribution in [0.5, 0.6) is 0 Å². The second-order valence-corrected chi connectivity index (χ2v) is 6.08. The van der Waals surface area contributed by atoms with Crippen molar-refractivity contribution < 1.29 is 0 Å². The molecule has 0 amide bonds. The summed E-state index contributed by atoms with van der Waals surface area (Å²) in [6.45, 7) is 4.32. The first-order chi connectivity index (χ1) is 11.2. The molecule has 0 saturated heterocycles. The Morgan fingerprint density at radius 2 is 1.61 bits per heavy atom. The molecular weight excluding hydrogens is 276 g/mol. The van der Waals surface area contributed by atoms with Crippen LogP contribution in [0.3, 0.4) is 0 Å². The van der Waals surface area contributed by atoms with Gasteiger partial charge in [-0.05, 0) is 30.7 Å². The molecule has 2 aromatic carbocycles. The first-order valence-corrected chi connectivity index (χ1v) is 7.98. The third kappa shape index (κ3) is 2.34. The smallest absolute Gasteiger partial charge is 0.105 e. The maximum Gasteiger partial charge on any atom is 0.105 e. The summed E-state index contributed by atoms with van der Waals surface area (Å²) in [7, 11) is 0. The van der Waals surface area contributed by atoms with Crippen LogP contribution in [0.15, 0.2) is 48.6 Å². The molecule has 110 valence electrons. The second kappa shape index (κ2) is 5.43. The summed E-state index contributed by atoms with van der Waals surface area (Å²) in [4.78, 5) is 0. The molecule has 0 spiro atoms. The van der Waals surface area contributed by atoms with Gasteiger partial charge >= 0.3 is 0 Å². The Balaban J connectivity index is 2.31. The van der Waals surface area contributed by atoms with Crippen molar-refractivity contribution in [3.8, 4) is 0 Å². The van der Waals surface area contributed by atoms with E-state index in [9.17, 15) is 0 Å². The molecular formula is C23H18. The number of rotatable bonds is 0. The van der Waals surface area contributed by atoms with Crippen molar-refractivity contribution in [3.63, 3.8) is 0 Å². The molecule has 0 N–H and O–H groups in total. The Hall–Kier alpha value is -2.82. The summed E-state index contributed by atoms with van der Waals surface area (Å²) in [5.74, 6) is 0. The molecule has 0 heteroatoms. The first-order valence-electron chi connectivity index (χ1n) is 7.98. The van der Waals surface area contributed by atoms with Crippen LogP contribution < -0.4 is 20.9 Å². The van der Waals surface area contributed by atoms with Gasteiger partial charge in [-0.3, -0.25) is 0 Å². The van der Waals surface area contributed by atoms with E-state index in [1.807, 2.05) is 0 Å². The quantitative estimate of drug-likeness (QED) is 0.651. The number of benzene rings is 2. The normalized spacial score (nSPS) is 13.7. The van der Waals surface area contributed by atoms with Gasteiger partial charge in [0.1, 0.15) is 5.56 Å². The van der Waals surface area contributed by atoms with Crippen LogP contribution >= 0.6 is 0 Å². The maximum atomic E-state index is 3.73. The van der Waals surface area contributed by atoms with Gasteiger partial charge in [0, 0.05) is 30.7 Å². The Bertz CT molecular complexity index is 1010. The zero-order chi connectivity index (χ0) is 15.8. The largest absolute Gasteiger partial charge is 0.145 e. The van der Waals surface area contributed by atoms with Gasteiger partial charge in [-0.1, -0.05) is 10.8 Å². The fraction of sp³-hybridized carbons (Fsp3) is 0.0870. The molecule has 2 aliphatic rings. The summed E-state index contributed by atoms with van der Waals surface area (Å²) >= 11 is 0. The van der Waals surface area contributed by atoms with E-state index in [1.54, 1.807) is 0 Å². The minimum absolute atomic E-state index is 1.20. The predicted molar refractivity (Wildman–Crippen MR) is 97.4 cm³/mol. The summed E-state index contributed by atoms with van der Waals surface area (Å²) in [5, 5.41) is 4.92. The third-order valence-electron chi connectivity index (χ3n) is 4.52. The van der Waals surface area contributed by atoms with Crippen LogP contribution in [-0.2, 0) is 0 Å². The number of fused-ring (bicyclic) bond motifs is 2. The lowest BCUT2D eigenvalue weighted by molar-refractivity contribution is 1.29. The molecule has 0 nitrogen and oxygen atoms in total. The van der Waals surface area contributed by atoms with E-state index in [0.29, 0.717) is 0 Å². The molecule has 0 unspecified atom stereocenters. The van der Waals surface area contributed by atoms with Crippen LogP contribution in [0.2, 0.25) is 0 Å². The standard InChI is InChI=1S/C23H18/c1-16-11-13-18-7-3-5-9-20(18)22(16)15-23-17(2)12-14-19-8-4-6-10-21(19)23/h3-14H,1-2H3. The van der Waals surface area contributed by atoms with Crippen LogP contribution in [0.25, 0.3) is 17.9 Å². The summed E-state index contributed by atoms with van der Waals surface area (Å²) < 4.78 is 0. The molecule has 0 fully saturated rings. The van der Waals surface area contributed by atoms with Crippen molar-refractivity contribution in [2.75, 3.05) is 0 Å². The van der Waals surface area contributed by atoms with E-state index < -0.39 is 0 Å². The summed E-state index contributed by atoms with van der Waals surface area (Å²) in [6.07, 6.45) is 17.1. The second-order valence-electron chi connectivity index (χ2n) is 6.08. The predicted octanol–water partition coefficient (Wildman–Crippen LogP) is 1.86.